The first-order valence-corrected chi connectivity index (χ1v) is 10.8. The summed E-state index contributed by atoms with van der Waals surface area (Å²) >= 11 is 0. The number of amides is 1. The second-order valence-electron chi connectivity index (χ2n) is 8.26. The van der Waals surface area contributed by atoms with Crippen LogP contribution in [0.3, 0.4) is 0 Å². The van der Waals surface area contributed by atoms with Crippen LogP contribution in [0.4, 0.5) is 10.5 Å². The molecule has 162 valence electrons. The fourth-order valence-corrected chi connectivity index (χ4v) is 4.70. The Morgan fingerprint density at radius 3 is 2.38 bits per heavy atom. The van der Waals surface area contributed by atoms with E-state index in [0.717, 1.165) is 11.3 Å². The Labute approximate surface area is 186 Å². The Morgan fingerprint density at radius 2 is 1.69 bits per heavy atom. The summed E-state index contributed by atoms with van der Waals surface area (Å²) in [6.07, 6.45) is 0.946. The smallest absolute Gasteiger partial charge is 0.407 e. The van der Waals surface area contributed by atoms with Crippen molar-refractivity contribution in [3.8, 4) is 11.1 Å². The second kappa shape index (κ2) is 8.38. The number of hydrogen-bond donors (Lipinski definition) is 3. The molecule has 32 heavy (non-hydrogen) atoms. The Hall–Kier alpha value is -3.80. The average Bonchev–Trinajstić information content (AvgIpc) is 2.99. The van der Waals surface area contributed by atoms with E-state index in [0.29, 0.717) is 19.4 Å². The fourth-order valence-electron chi connectivity index (χ4n) is 4.70. The van der Waals surface area contributed by atoms with Crippen LogP contribution in [-0.2, 0) is 11.2 Å². The number of carbonyl (C=O) groups is 2. The number of carboxylic acids is 1. The SMILES string of the molecule is O=C(NC1CCc2cc(C(=O)O)ccc2NC1)OCC1c2ccccc2-c2ccccc21. The minimum atomic E-state index is -0.939. The van der Waals surface area contributed by atoms with Crippen LogP contribution in [0.5, 0.6) is 0 Å². The number of alkyl carbamates (subject to hydrolysis) is 1. The van der Waals surface area contributed by atoms with Crippen molar-refractivity contribution in [2.24, 2.45) is 0 Å². The van der Waals surface area contributed by atoms with Gasteiger partial charge >= 0.3 is 12.1 Å². The van der Waals surface area contributed by atoms with Gasteiger partial charge in [-0.05, 0) is 58.9 Å². The molecule has 0 fully saturated rings. The van der Waals surface area contributed by atoms with Crippen LogP contribution < -0.4 is 10.6 Å². The third kappa shape index (κ3) is 3.80. The van der Waals surface area contributed by atoms with E-state index in [-0.39, 0.29) is 24.1 Å². The van der Waals surface area contributed by atoms with Crippen molar-refractivity contribution in [1.82, 2.24) is 5.32 Å². The molecule has 1 aliphatic carbocycles. The van der Waals surface area contributed by atoms with Gasteiger partial charge in [0.15, 0.2) is 0 Å². The van der Waals surface area contributed by atoms with Crippen molar-refractivity contribution >= 4 is 17.7 Å². The Bertz CT molecular complexity index is 1140. The fraction of sp³-hybridized carbons (Fsp3) is 0.231. The van der Waals surface area contributed by atoms with Crippen molar-refractivity contribution in [3.63, 3.8) is 0 Å². The summed E-state index contributed by atoms with van der Waals surface area (Å²) in [6.45, 7) is 0.839. The van der Waals surface area contributed by atoms with E-state index in [4.69, 9.17) is 4.74 Å². The van der Waals surface area contributed by atoms with E-state index in [2.05, 4.69) is 34.9 Å². The largest absolute Gasteiger partial charge is 0.478 e. The number of nitrogens with one attached hydrogen (secondary N) is 2. The number of aryl methyl sites for hydroxylation is 1. The summed E-state index contributed by atoms with van der Waals surface area (Å²) in [4.78, 5) is 23.8. The summed E-state index contributed by atoms with van der Waals surface area (Å²) in [6, 6.07) is 21.5. The van der Waals surface area contributed by atoms with E-state index in [1.165, 1.54) is 22.3 Å². The van der Waals surface area contributed by atoms with Gasteiger partial charge in [-0.1, -0.05) is 48.5 Å². The van der Waals surface area contributed by atoms with Gasteiger partial charge in [0, 0.05) is 24.2 Å². The molecule has 6 nitrogen and oxygen atoms in total. The highest BCUT2D eigenvalue weighted by Crippen LogP contribution is 2.44. The summed E-state index contributed by atoms with van der Waals surface area (Å²) < 4.78 is 5.66. The highest BCUT2D eigenvalue weighted by Gasteiger charge is 2.29. The van der Waals surface area contributed by atoms with Crippen LogP contribution in [-0.4, -0.2) is 36.4 Å². The summed E-state index contributed by atoms with van der Waals surface area (Å²) in [5.74, 6) is -0.913. The van der Waals surface area contributed by atoms with Gasteiger partial charge in [0.1, 0.15) is 6.61 Å². The van der Waals surface area contributed by atoms with Gasteiger partial charge in [-0.15, -0.1) is 0 Å². The third-order valence-corrected chi connectivity index (χ3v) is 6.32. The molecule has 0 saturated carbocycles. The predicted molar refractivity (Wildman–Crippen MR) is 122 cm³/mol. The quantitative estimate of drug-likeness (QED) is 0.563. The van der Waals surface area contributed by atoms with Crippen molar-refractivity contribution < 1.29 is 19.4 Å². The molecule has 3 N–H and O–H groups in total. The zero-order chi connectivity index (χ0) is 22.1. The third-order valence-electron chi connectivity index (χ3n) is 6.32. The topological polar surface area (TPSA) is 87.7 Å². The van der Waals surface area contributed by atoms with Gasteiger partial charge in [-0.2, -0.15) is 0 Å². The number of fused-ring (bicyclic) bond motifs is 4. The maximum Gasteiger partial charge on any atom is 0.407 e. The molecule has 1 atom stereocenters. The van der Waals surface area contributed by atoms with Crippen LogP contribution in [0, 0.1) is 0 Å². The van der Waals surface area contributed by atoms with Gasteiger partial charge in [0.2, 0.25) is 0 Å². The lowest BCUT2D eigenvalue weighted by molar-refractivity contribution is 0.0696. The molecule has 0 spiro atoms. The van der Waals surface area contributed by atoms with Crippen LogP contribution in [0.25, 0.3) is 11.1 Å². The first-order valence-electron chi connectivity index (χ1n) is 10.8. The van der Waals surface area contributed by atoms with Gasteiger partial charge in [-0.3, -0.25) is 0 Å². The van der Waals surface area contributed by atoms with Gasteiger partial charge < -0.3 is 20.5 Å². The predicted octanol–water partition coefficient (Wildman–Crippen LogP) is 4.65. The maximum atomic E-state index is 12.6. The van der Waals surface area contributed by atoms with E-state index < -0.39 is 12.1 Å². The molecule has 1 heterocycles. The molecule has 0 saturated heterocycles. The molecular formula is C26H24N2O4. The highest BCUT2D eigenvalue weighted by molar-refractivity contribution is 5.88. The molecule has 2 aliphatic rings. The lowest BCUT2D eigenvalue weighted by Crippen LogP contribution is -2.40. The van der Waals surface area contributed by atoms with Crippen molar-refractivity contribution in [3.05, 3.63) is 89.0 Å². The lowest BCUT2D eigenvalue weighted by atomic mass is 9.98. The van der Waals surface area contributed by atoms with Crippen LogP contribution in [0.1, 0.15) is 39.4 Å². The molecule has 1 amide bonds. The highest BCUT2D eigenvalue weighted by atomic mass is 16.5. The summed E-state index contributed by atoms with van der Waals surface area (Å²) in [7, 11) is 0. The first-order chi connectivity index (χ1) is 15.6. The molecule has 3 aromatic carbocycles. The minimum absolute atomic E-state index is 0.0269. The van der Waals surface area contributed by atoms with Gasteiger partial charge in [-0.25, -0.2) is 9.59 Å². The number of anilines is 1. The molecule has 1 unspecified atom stereocenters. The molecule has 5 rings (SSSR count). The number of carboxylic acid groups (broad SMARTS) is 1. The van der Waals surface area contributed by atoms with Crippen molar-refractivity contribution in [2.75, 3.05) is 18.5 Å². The molecule has 0 radical (unpaired) electrons. The molecule has 0 aromatic heterocycles. The number of carbonyl (C=O) groups excluding carboxylic acids is 1. The van der Waals surface area contributed by atoms with Crippen LogP contribution >= 0.6 is 0 Å². The van der Waals surface area contributed by atoms with Crippen LogP contribution in [0.15, 0.2) is 66.7 Å². The zero-order valence-corrected chi connectivity index (χ0v) is 17.5. The van der Waals surface area contributed by atoms with Crippen molar-refractivity contribution in [1.29, 1.82) is 0 Å². The monoisotopic (exact) mass is 428 g/mol. The van der Waals surface area contributed by atoms with Crippen LogP contribution in [0.2, 0.25) is 0 Å². The molecule has 0 bridgehead atoms. The van der Waals surface area contributed by atoms with Crippen molar-refractivity contribution in [2.45, 2.75) is 24.8 Å². The van der Waals surface area contributed by atoms with E-state index in [9.17, 15) is 14.7 Å². The summed E-state index contributed by atoms with van der Waals surface area (Å²) in [5, 5.41) is 15.5. The average molecular weight is 428 g/mol. The Morgan fingerprint density at radius 1 is 1.00 bits per heavy atom. The first kappa shape index (κ1) is 20.1. The lowest BCUT2D eigenvalue weighted by Gasteiger charge is -2.19. The van der Waals surface area contributed by atoms with Gasteiger partial charge in [0.05, 0.1) is 5.56 Å². The standard InChI is InChI=1S/C26H24N2O4/c29-25(30)17-10-12-24-16(13-17)9-11-18(14-27-24)28-26(31)32-15-23-21-7-3-1-5-19(21)20-6-2-4-8-22(20)23/h1-8,10,12-13,18,23,27H,9,11,14-15H2,(H,28,31)(H,29,30). The zero-order valence-electron chi connectivity index (χ0n) is 17.5. The normalized spacial score (nSPS) is 16.7. The van der Waals surface area contributed by atoms with Gasteiger partial charge in [0.25, 0.3) is 0 Å². The summed E-state index contributed by atoms with van der Waals surface area (Å²) in [5.41, 5.74) is 6.89. The second-order valence-corrected chi connectivity index (χ2v) is 8.26. The van der Waals surface area contributed by atoms with E-state index >= 15 is 0 Å². The number of aromatic carboxylic acids is 1. The maximum absolute atomic E-state index is 12.6. The molecule has 1 aliphatic heterocycles. The number of ether oxygens (including phenoxy) is 1. The van der Waals surface area contributed by atoms with E-state index in [1.54, 1.807) is 18.2 Å². The molecule has 3 aromatic rings. The minimum Gasteiger partial charge on any atom is -0.478 e. The molecule has 6 heteroatoms. The Kier molecular flexibility index (Phi) is 5.27. The number of benzene rings is 3. The number of rotatable bonds is 4. The Balaban J connectivity index is 1.21. The number of hydrogen-bond acceptors (Lipinski definition) is 4. The molecular weight excluding hydrogens is 404 g/mol. The van der Waals surface area contributed by atoms with E-state index in [1.807, 2.05) is 24.3 Å².